The van der Waals surface area contributed by atoms with Crippen molar-refractivity contribution in [2.24, 2.45) is 0 Å². The lowest BCUT2D eigenvalue weighted by molar-refractivity contribution is 0.550. The first-order valence-corrected chi connectivity index (χ1v) is 7.08. The van der Waals surface area contributed by atoms with Crippen molar-refractivity contribution in [2.45, 2.75) is 18.8 Å². The van der Waals surface area contributed by atoms with Gasteiger partial charge in [-0.1, -0.05) is 0 Å². The number of H-pyrrole nitrogens is 1. The Kier molecular flexibility index (Phi) is 2.86. The lowest BCUT2D eigenvalue weighted by atomic mass is 10.3. The summed E-state index contributed by atoms with van der Waals surface area (Å²) in [6.45, 7) is 0. The van der Waals surface area contributed by atoms with Gasteiger partial charge in [0.1, 0.15) is 3.57 Å². The fourth-order valence-corrected chi connectivity index (χ4v) is 2.66. The van der Waals surface area contributed by atoms with Crippen molar-refractivity contribution in [1.82, 2.24) is 9.97 Å². The molecular formula is C11H8BrIN2O2. The molecule has 88 valence electrons. The molecule has 0 radical (unpaired) electrons. The molecule has 2 aromatic heterocycles. The second kappa shape index (κ2) is 4.24. The highest BCUT2D eigenvalue weighted by Crippen LogP contribution is 2.40. The molecule has 6 heteroatoms. The first-order valence-electron chi connectivity index (χ1n) is 5.20. The molecule has 1 fully saturated rings. The number of furan rings is 1. The Hall–Kier alpha value is -0.630. The molecule has 1 aliphatic rings. The first kappa shape index (κ1) is 11.5. The predicted octanol–water partition coefficient (Wildman–Crippen LogP) is 3.27. The Morgan fingerprint density at radius 1 is 1.47 bits per heavy atom. The van der Waals surface area contributed by atoms with Crippen molar-refractivity contribution in [3.63, 3.8) is 0 Å². The number of hydrogen-bond acceptors (Lipinski definition) is 3. The van der Waals surface area contributed by atoms with E-state index in [1.807, 2.05) is 0 Å². The maximum Gasteiger partial charge on any atom is 0.264 e. The SMILES string of the molecule is O=c1[nH]c(-c2ccc(Br)o2)nc(C2CC2)c1I. The molecule has 0 aliphatic heterocycles. The Labute approximate surface area is 119 Å². The van der Waals surface area contributed by atoms with Crippen LogP contribution in [0.5, 0.6) is 0 Å². The van der Waals surface area contributed by atoms with Crippen LogP contribution < -0.4 is 5.56 Å². The van der Waals surface area contributed by atoms with Crippen LogP contribution in [0.25, 0.3) is 11.6 Å². The van der Waals surface area contributed by atoms with Gasteiger partial charge in [0.25, 0.3) is 5.56 Å². The molecule has 0 atom stereocenters. The molecule has 0 aromatic carbocycles. The van der Waals surface area contributed by atoms with Gasteiger partial charge in [-0.3, -0.25) is 4.79 Å². The van der Waals surface area contributed by atoms with Crippen LogP contribution in [0.4, 0.5) is 0 Å². The second-order valence-electron chi connectivity index (χ2n) is 3.99. The maximum atomic E-state index is 11.8. The van der Waals surface area contributed by atoms with Gasteiger partial charge in [-0.25, -0.2) is 4.98 Å². The van der Waals surface area contributed by atoms with Crippen LogP contribution >= 0.6 is 38.5 Å². The second-order valence-corrected chi connectivity index (χ2v) is 5.85. The Morgan fingerprint density at radius 3 is 2.82 bits per heavy atom. The zero-order chi connectivity index (χ0) is 12.0. The molecule has 17 heavy (non-hydrogen) atoms. The number of nitrogens with zero attached hydrogens (tertiary/aromatic N) is 1. The van der Waals surface area contributed by atoms with Gasteiger partial charge in [-0.15, -0.1) is 0 Å². The lowest BCUT2D eigenvalue weighted by Gasteiger charge is -2.03. The van der Waals surface area contributed by atoms with Gasteiger partial charge >= 0.3 is 0 Å². The molecule has 1 aliphatic carbocycles. The van der Waals surface area contributed by atoms with Crippen molar-refractivity contribution in [3.8, 4) is 11.6 Å². The summed E-state index contributed by atoms with van der Waals surface area (Å²) in [7, 11) is 0. The molecule has 0 spiro atoms. The summed E-state index contributed by atoms with van der Waals surface area (Å²) >= 11 is 5.29. The third-order valence-corrected chi connectivity index (χ3v) is 4.13. The molecule has 0 bridgehead atoms. The van der Waals surface area contributed by atoms with E-state index < -0.39 is 0 Å². The average Bonchev–Trinajstić information content (AvgIpc) is 3.05. The Balaban J connectivity index is 2.14. The number of rotatable bonds is 2. The molecule has 3 rings (SSSR count). The number of nitrogens with one attached hydrogen (secondary N) is 1. The van der Waals surface area contributed by atoms with E-state index in [1.54, 1.807) is 12.1 Å². The molecule has 2 heterocycles. The molecule has 0 saturated heterocycles. The summed E-state index contributed by atoms with van der Waals surface area (Å²) in [5.41, 5.74) is 0.807. The summed E-state index contributed by atoms with van der Waals surface area (Å²) in [5.74, 6) is 1.52. The summed E-state index contributed by atoms with van der Waals surface area (Å²) in [6.07, 6.45) is 2.24. The maximum absolute atomic E-state index is 11.8. The van der Waals surface area contributed by atoms with Crippen molar-refractivity contribution in [3.05, 3.63) is 36.4 Å². The van der Waals surface area contributed by atoms with Crippen LogP contribution in [-0.2, 0) is 0 Å². The number of aromatic nitrogens is 2. The van der Waals surface area contributed by atoms with Gasteiger partial charge in [0, 0.05) is 5.92 Å². The molecule has 4 nitrogen and oxygen atoms in total. The van der Waals surface area contributed by atoms with Gasteiger partial charge in [0.2, 0.25) is 0 Å². The minimum Gasteiger partial charge on any atom is -0.446 e. The Morgan fingerprint density at radius 2 is 2.24 bits per heavy atom. The van der Waals surface area contributed by atoms with Gasteiger partial charge in [-0.05, 0) is 63.5 Å². The molecule has 2 aromatic rings. The van der Waals surface area contributed by atoms with E-state index in [2.05, 4.69) is 48.5 Å². The minimum absolute atomic E-state index is 0.0926. The van der Waals surface area contributed by atoms with Crippen molar-refractivity contribution >= 4 is 38.5 Å². The van der Waals surface area contributed by atoms with E-state index in [0.717, 1.165) is 18.5 Å². The lowest BCUT2D eigenvalue weighted by Crippen LogP contribution is -2.15. The predicted molar refractivity (Wildman–Crippen MR) is 75.0 cm³/mol. The molecule has 1 N–H and O–H groups in total. The molecule has 0 amide bonds. The third-order valence-electron chi connectivity index (χ3n) is 2.66. The van der Waals surface area contributed by atoms with E-state index in [9.17, 15) is 4.79 Å². The molecule has 0 unspecified atom stereocenters. The first-order chi connectivity index (χ1) is 8.15. The smallest absolute Gasteiger partial charge is 0.264 e. The molecule has 1 saturated carbocycles. The number of hydrogen-bond donors (Lipinski definition) is 1. The van der Waals surface area contributed by atoms with Crippen LogP contribution in [0.1, 0.15) is 24.5 Å². The normalized spacial score (nSPS) is 15.2. The summed E-state index contributed by atoms with van der Waals surface area (Å²) in [6, 6.07) is 3.57. The van der Waals surface area contributed by atoms with Crippen molar-refractivity contribution in [2.75, 3.05) is 0 Å². The van der Waals surface area contributed by atoms with Gasteiger partial charge < -0.3 is 9.40 Å². The summed E-state index contributed by atoms with van der Waals surface area (Å²) in [5, 5.41) is 0. The van der Waals surface area contributed by atoms with E-state index in [1.165, 1.54) is 0 Å². The summed E-state index contributed by atoms with van der Waals surface area (Å²) < 4.78 is 6.72. The van der Waals surface area contributed by atoms with Gasteiger partial charge in [-0.2, -0.15) is 0 Å². The zero-order valence-corrected chi connectivity index (χ0v) is 12.4. The molecular weight excluding hydrogens is 399 g/mol. The number of aromatic amines is 1. The van der Waals surface area contributed by atoms with E-state index in [-0.39, 0.29) is 5.56 Å². The van der Waals surface area contributed by atoms with E-state index >= 15 is 0 Å². The quantitative estimate of drug-likeness (QED) is 0.778. The highest BCUT2D eigenvalue weighted by Gasteiger charge is 2.29. The largest absolute Gasteiger partial charge is 0.446 e. The standard InChI is InChI=1S/C11H8BrIN2O2/c12-7-4-3-6(17-7)10-14-9(5-1-2-5)8(13)11(16)15-10/h3-5H,1-2H2,(H,14,15,16). The van der Waals surface area contributed by atoms with Gasteiger partial charge in [0.05, 0.1) is 5.69 Å². The number of halogens is 2. The van der Waals surface area contributed by atoms with Gasteiger partial charge in [0.15, 0.2) is 16.3 Å². The fourth-order valence-electron chi connectivity index (χ4n) is 1.66. The third kappa shape index (κ3) is 2.20. The van der Waals surface area contributed by atoms with Crippen LogP contribution in [0, 0.1) is 3.57 Å². The van der Waals surface area contributed by atoms with E-state index in [4.69, 9.17) is 4.42 Å². The average molecular weight is 407 g/mol. The van der Waals surface area contributed by atoms with Crippen LogP contribution in [0.3, 0.4) is 0 Å². The minimum atomic E-state index is -0.0926. The topological polar surface area (TPSA) is 58.9 Å². The Bertz CT molecular complexity index is 631. The van der Waals surface area contributed by atoms with Crippen molar-refractivity contribution in [1.29, 1.82) is 0 Å². The fraction of sp³-hybridized carbons (Fsp3) is 0.273. The van der Waals surface area contributed by atoms with Crippen LogP contribution in [0.15, 0.2) is 26.0 Å². The van der Waals surface area contributed by atoms with Crippen LogP contribution in [0.2, 0.25) is 0 Å². The highest BCUT2D eigenvalue weighted by atomic mass is 127. The van der Waals surface area contributed by atoms with Crippen molar-refractivity contribution < 1.29 is 4.42 Å². The summed E-state index contributed by atoms with van der Waals surface area (Å²) in [4.78, 5) is 19.1. The van der Waals surface area contributed by atoms with Crippen LogP contribution in [-0.4, -0.2) is 9.97 Å². The highest BCUT2D eigenvalue weighted by molar-refractivity contribution is 14.1. The van der Waals surface area contributed by atoms with E-state index in [0.29, 0.717) is 25.7 Å². The zero-order valence-electron chi connectivity index (χ0n) is 8.67. The monoisotopic (exact) mass is 406 g/mol.